The molecule has 0 bridgehead atoms. The fourth-order valence-corrected chi connectivity index (χ4v) is 1.38. The molecule has 0 unspecified atom stereocenters. The zero-order chi connectivity index (χ0) is 14.3. The van der Waals surface area contributed by atoms with Gasteiger partial charge in [0.1, 0.15) is 0 Å². The number of methoxy groups -OCH3 is 1. The number of nitrogens with two attached hydrogens (primary N) is 1. The minimum Gasteiger partial charge on any atom is -0.467 e. The van der Waals surface area contributed by atoms with Crippen LogP contribution in [0.3, 0.4) is 0 Å². The fraction of sp³-hybridized carbons (Fsp3) is 0.727. The molecule has 0 amide bonds. The van der Waals surface area contributed by atoms with E-state index >= 15 is 0 Å². The first-order chi connectivity index (χ1) is 9.06. The topological polar surface area (TPSA) is 101 Å². The van der Waals surface area contributed by atoms with Gasteiger partial charge in [-0.05, 0) is 33.9 Å². The van der Waals surface area contributed by atoms with E-state index < -0.39 is 0 Å². The molecule has 8 heteroatoms. The van der Waals surface area contributed by atoms with Crippen LogP contribution in [-0.2, 0) is 0 Å². The van der Waals surface area contributed by atoms with E-state index in [1.807, 2.05) is 0 Å². The van der Waals surface area contributed by atoms with E-state index in [1.165, 1.54) is 7.11 Å². The van der Waals surface area contributed by atoms with Crippen molar-refractivity contribution >= 4 is 11.9 Å². The summed E-state index contributed by atoms with van der Waals surface area (Å²) in [7, 11) is 3.60. The SMILES string of the molecule is COc1nc(NN)nc(NCCCN(C)C(C)C)n1. The summed E-state index contributed by atoms with van der Waals surface area (Å²) in [6, 6.07) is 0.773. The van der Waals surface area contributed by atoms with Gasteiger partial charge in [-0.1, -0.05) is 0 Å². The van der Waals surface area contributed by atoms with Crippen LogP contribution >= 0.6 is 0 Å². The number of ether oxygens (including phenoxy) is 1. The minimum atomic E-state index is 0.227. The van der Waals surface area contributed by atoms with Gasteiger partial charge in [-0.25, -0.2) is 5.84 Å². The third kappa shape index (κ3) is 5.23. The molecule has 19 heavy (non-hydrogen) atoms. The number of hydrogen-bond donors (Lipinski definition) is 3. The highest BCUT2D eigenvalue weighted by Crippen LogP contribution is 2.09. The van der Waals surface area contributed by atoms with Crippen LogP contribution in [-0.4, -0.2) is 53.1 Å². The lowest BCUT2D eigenvalue weighted by Crippen LogP contribution is -2.28. The average Bonchev–Trinajstić information content (AvgIpc) is 2.42. The Morgan fingerprint density at radius 2 is 1.95 bits per heavy atom. The third-order valence-corrected chi connectivity index (χ3v) is 2.78. The predicted octanol–water partition coefficient (Wildman–Crippen LogP) is 0.308. The number of rotatable bonds is 8. The lowest BCUT2D eigenvalue weighted by Gasteiger charge is -2.20. The van der Waals surface area contributed by atoms with E-state index in [4.69, 9.17) is 10.6 Å². The maximum Gasteiger partial charge on any atom is 0.322 e. The van der Waals surface area contributed by atoms with Crippen molar-refractivity contribution in [2.75, 3.05) is 38.0 Å². The second-order valence-corrected chi connectivity index (χ2v) is 4.47. The van der Waals surface area contributed by atoms with Gasteiger partial charge in [0.2, 0.25) is 11.9 Å². The van der Waals surface area contributed by atoms with Crippen molar-refractivity contribution in [3.63, 3.8) is 0 Å². The Hall–Kier alpha value is -1.67. The lowest BCUT2D eigenvalue weighted by atomic mass is 10.3. The molecular formula is C11H23N7O. The highest BCUT2D eigenvalue weighted by Gasteiger charge is 2.06. The van der Waals surface area contributed by atoms with Crippen molar-refractivity contribution in [1.82, 2.24) is 19.9 Å². The summed E-state index contributed by atoms with van der Waals surface area (Å²) in [6.45, 7) is 6.12. The standard InChI is InChI=1S/C11H23N7O/c1-8(2)18(3)7-5-6-13-9-14-10(17-12)16-11(15-9)19-4/h8H,5-7,12H2,1-4H3,(H2,13,14,15,16,17). The number of aromatic nitrogens is 3. The van der Waals surface area contributed by atoms with Crippen LogP contribution in [0.4, 0.5) is 11.9 Å². The van der Waals surface area contributed by atoms with Gasteiger partial charge in [-0.2, -0.15) is 15.0 Å². The summed E-state index contributed by atoms with van der Waals surface area (Å²) in [5.41, 5.74) is 2.38. The Labute approximate surface area is 113 Å². The molecule has 0 spiro atoms. The van der Waals surface area contributed by atoms with E-state index in [0.717, 1.165) is 19.5 Å². The normalized spacial score (nSPS) is 10.9. The summed E-state index contributed by atoms with van der Waals surface area (Å²) in [5.74, 6) is 6.00. The van der Waals surface area contributed by atoms with Crippen LogP contribution in [0.1, 0.15) is 20.3 Å². The Kier molecular flexibility index (Phi) is 6.23. The lowest BCUT2D eigenvalue weighted by molar-refractivity contribution is 0.273. The Balaban J connectivity index is 2.44. The Morgan fingerprint density at radius 1 is 1.26 bits per heavy atom. The number of nitrogens with zero attached hydrogens (tertiary/aromatic N) is 4. The summed E-state index contributed by atoms with van der Waals surface area (Å²) in [5, 5.41) is 3.12. The first-order valence-electron chi connectivity index (χ1n) is 6.27. The molecule has 1 heterocycles. The van der Waals surface area contributed by atoms with Gasteiger partial charge >= 0.3 is 6.01 Å². The van der Waals surface area contributed by atoms with Crippen LogP contribution in [0.2, 0.25) is 0 Å². The number of nitrogen functional groups attached to an aromatic ring is 1. The predicted molar refractivity (Wildman–Crippen MR) is 75.1 cm³/mol. The molecular weight excluding hydrogens is 246 g/mol. The fourth-order valence-electron chi connectivity index (χ4n) is 1.38. The van der Waals surface area contributed by atoms with Crippen molar-refractivity contribution in [1.29, 1.82) is 0 Å². The summed E-state index contributed by atoms with van der Waals surface area (Å²) in [4.78, 5) is 14.4. The van der Waals surface area contributed by atoms with Gasteiger partial charge in [0.05, 0.1) is 7.11 Å². The number of anilines is 2. The minimum absolute atomic E-state index is 0.227. The molecule has 0 radical (unpaired) electrons. The number of hydrogen-bond acceptors (Lipinski definition) is 8. The van der Waals surface area contributed by atoms with Gasteiger partial charge < -0.3 is 15.0 Å². The molecule has 0 atom stereocenters. The molecule has 0 aromatic carbocycles. The van der Waals surface area contributed by atoms with Crippen molar-refractivity contribution in [3.8, 4) is 6.01 Å². The second-order valence-electron chi connectivity index (χ2n) is 4.47. The maximum absolute atomic E-state index is 5.28. The molecule has 1 aromatic heterocycles. The van der Waals surface area contributed by atoms with Crippen molar-refractivity contribution in [3.05, 3.63) is 0 Å². The highest BCUT2D eigenvalue weighted by atomic mass is 16.5. The van der Waals surface area contributed by atoms with E-state index in [2.05, 4.69) is 51.5 Å². The van der Waals surface area contributed by atoms with Gasteiger partial charge in [0, 0.05) is 12.6 Å². The maximum atomic E-state index is 5.28. The van der Waals surface area contributed by atoms with E-state index in [0.29, 0.717) is 12.0 Å². The Bertz CT molecular complexity index is 363. The van der Waals surface area contributed by atoms with E-state index in [-0.39, 0.29) is 12.0 Å². The van der Waals surface area contributed by atoms with E-state index in [9.17, 15) is 0 Å². The molecule has 0 saturated heterocycles. The van der Waals surface area contributed by atoms with Crippen LogP contribution in [0.5, 0.6) is 6.01 Å². The summed E-state index contributed by atoms with van der Waals surface area (Å²) < 4.78 is 4.97. The van der Waals surface area contributed by atoms with Crippen molar-refractivity contribution in [2.45, 2.75) is 26.3 Å². The molecule has 0 aliphatic heterocycles. The first-order valence-corrected chi connectivity index (χ1v) is 6.27. The van der Waals surface area contributed by atoms with Gasteiger partial charge in [0.25, 0.3) is 0 Å². The Morgan fingerprint density at radius 3 is 2.53 bits per heavy atom. The van der Waals surface area contributed by atoms with Crippen LogP contribution < -0.4 is 21.3 Å². The molecule has 0 aliphatic rings. The molecule has 0 fully saturated rings. The van der Waals surface area contributed by atoms with Crippen LogP contribution in [0.25, 0.3) is 0 Å². The van der Waals surface area contributed by atoms with Crippen molar-refractivity contribution < 1.29 is 4.74 Å². The molecule has 0 aliphatic carbocycles. The summed E-state index contributed by atoms with van der Waals surface area (Å²) in [6.07, 6.45) is 0.994. The summed E-state index contributed by atoms with van der Waals surface area (Å²) >= 11 is 0. The third-order valence-electron chi connectivity index (χ3n) is 2.78. The van der Waals surface area contributed by atoms with Crippen LogP contribution in [0, 0.1) is 0 Å². The molecule has 8 nitrogen and oxygen atoms in total. The smallest absolute Gasteiger partial charge is 0.322 e. The highest BCUT2D eigenvalue weighted by molar-refractivity contribution is 5.34. The first kappa shape index (κ1) is 15.4. The molecule has 1 rings (SSSR count). The van der Waals surface area contributed by atoms with Crippen molar-refractivity contribution in [2.24, 2.45) is 5.84 Å². The molecule has 1 aromatic rings. The molecule has 108 valence electrons. The largest absolute Gasteiger partial charge is 0.467 e. The van der Waals surface area contributed by atoms with Gasteiger partial charge in [-0.3, -0.25) is 5.43 Å². The zero-order valence-corrected chi connectivity index (χ0v) is 12.0. The molecule has 0 saturated carbocycles. The zero-order valence-electron chi connectivity index (χ0n) is 12.0. The quantitative estimate of drug-likeness (QED) is 0.352. The second kappa shape index (κ2) is 7.70. The number of hydrazine groups is 1. The van der Waals surface area contributed by atoms with Crippen LogP contribution in [0.15, 0.2) is 0 Å². The van der Waals surface area contributed by atoms with Gasteiger partial charge in [-0.15, -0.1) is 0 Å². The monoisotopic (exact) mass is 269 g/mol. The van der Waals surface area contributed by atoms with E-state index in [1.54, 1.807) is 0 Å². The molecule has 4 N–H and O–H groups in total. The average molecular weight is 269 g/mol. The van der Waals surface area contributed by atoms with Gasteiger partial charge in [0.15, 0.2) is 0 Å². The number of nitrogens with one attached hydrogen (secondary N) is 2.